The van der Waals surface area contributed by atoms with Crippen molar-refractivity contribution in [2.45, 2.75) is 13.0 Å². The molecule has 0 fully saturated rings. The van der Waals surface area contributed by atoms with Crippen molar-refractivity contribution in [2.75, 3.05) is 6.61 Å². The predicted octanol–water partition coefficient (Wildman–Crippen LogP) is 2.72. The first kappa shape index (κ1) is 11.4. The summed E-state index contributed by atoms with van der Waals surface area (Å²) in [5.41, 5.74) is 0.788. The zero-order valence-corrected chi connectivity index (χ0v) is 9.01. The van der Waals surface area contributed by atoms with Crippen molar-refractivity contribution in [1.82, 2.24) is 0 Å². The molecule has 1 aromatic rings. The molecule has 0 aromatic heterocycles. The summed E-state index contributed by atoms with van der Waals surface area (Å²) >= 11 is 3.23. The molecule has 0 radical (unpaired) electrons. The number of rotatable bonds is 3. The Hall–Kier alpha value is -0.680. The summed E-state index contributed by atoms with van der Waals surface area (Å²) in [6, 6.07) is 4.48. The lowest BCUT2D eigenvalue weighted by atomic mass is 10.2. The van der Waals surface area contributed by atoms with Crippen LogP contribution in [0.4, 0.5) is 8.78 Å². The zero-order valence-electron chi connectivity index (χ0n) is 7.43. The Balaban J connectivity index is 2.83. The molecule has 78 valence electrons. The molecule has 0 saturated heterocycles. The average Bonchev–Trinajstić information content (AvgIpc) is 2.11. The van der Waals surface area contributed by atoms with Gasteiger partial charge in [0.05, 0.1) is 0 Å². The van der Waals surface area contributed by atoms with Crippen molar-refractivity contribution >= 4 is 15.9 Å². The summed E-state index contributed by atoms with van der Waals surface area (Å²) in [6.45, 7) is 0.427. The molecule has 0 saturated carbocycles. The van der Waals surface area contributed by atoms with Gasteiger partial charge in [-0.05, 0) is 30.7 Å². The fourth-order valence-corrected chi connectivity index (χ4v) is 1.13. The van der Waals surface area contributed by atoms with Crippen LogP contribution in [0.3, 0.4) is 0 Å². The van der Waals surface area contributed by atoms with E-state index in [-0.39, 0.29) is 5.75 Å². The van der Waals surface area contributed by atoms with Crippen LogP contribution in [0, 0.1) is 6.92 Å². The minimum Gasteiger partial charge on any atom is -0.431 e. The average molecular weight is 267 g/mol. The molecule has 1 rings (SSSR count). The Bertz CT molecular complexity index is 329. The van der Waals surface area contributed by atoms with Crippen LogP contribution in [-0.2, 0) is 0 Å². The van der Waals surface area contributed by atoms with Crippen LogP contribution in [0.25, 0.3) is 0 Å². The van der Waals surface area contributed by atoms with Gasteiger partial charge in [-0.3, -0.25) is 0 Å². The van der Waals surface area contributed by atoms with Gasteiger partial charge in [0.15, 0.2) is 0 Å². The number of alkyl halides is 2. The Morgan fingerprint density at radius 3 is 2.64 bits per heavy atom. The van der Waals surface area contributed by atoms with Gasteiger partial charge in [0, 0.05) is 4.47 Å². The molecule has 0 bridgehead atoms. The lowest BCUT2D eigenvalue weighted by Gasteiger charge is -2.15. The smallest absolute Gasteiger partial charge is 0.421 e. The fourth-order valence-electron chi connectivity index (χ4n) is 0.885. The molecule has 0 unspecified atom stereocenters. The van der Waals surface area contributed by atoms with Crippen LogP contribution in [0.15, 0.2) is 22.7 Å². The molecule has 0 heterocycles. The summed E-state index contributed by atoms with van der Waals surface area (Å²) < 4.78 is 30.3. The van der Waals surface area contributed by atoms with E-state index in [4.69, 9.17) is 5.11 Å². The first-order valence-corrected chi connectivity index (χ1v) is 4.68. The molecule has 1 N–H and O–H groups in total. The van der Waals surface area contributed by atoms with Crippen molar-refractivity contribution in [2.24, 2.45) is 0 Å². The van der Waals surface area contributed by atoms with Crippen LogP contribution >= 0.6 is 15.9 Å². The third kappa shape index (κ3) is 2.92. The number of aryl methyl sites for hydroxylation is 1. The Labute approximate surface area is 88.6 Å². The minimum atomic E-state index is -3.53. The highest BCUT2D eigenvalue weighted by atomic mass is 79.9. The molecule has 0 aliphatic carbocycles. The number of hydrogen-bond acceptors (Lipinski definition) is 2. The normalized spacial score (nSPS) is 11.5. The molecule has 2 nitrogen and oxygen atoms in total. The second-order valence-electron chi connectivity index (χ2n) is 2.81. The van der Waals surface area contributed by atoms with Gasteiger partial charge in [0.2, 0.25) is 0 Å². The fraction of sp³-hybridized carbons (Fsp3) is 0.333. The lowest BCUT2D eigenvalue weighted by molar-refractivity contribution is -0.200. The molecule has 0 amide bonds. The van der Waals surface area contributed by atoms with Gasteiger partial charge in [-0.2, -0.15) is 8.78 Å². The molecule has 14 heavy (non-hydrogen) atoms. The van der Waals surface area contributed by atoms with Crippen molar-refractivity contribution < 1.29 is 18.6 Å². The predicted molar refractivity (Wildman–Crippen MR) is 51.5 cm³/mol. The maximum atomic E-state index is 12.6. The van der Waals surface area contributed by atoms with Crippen molar-refractivity contribution in [3.05, 3.63) is 28.2 Å². The Kier molecular flexibility index (Phi) is 3.44. The van der Waals surface area contributed by atoms with E-state index < -0.39 is 12.7 Å². The number of ether oxygens (including phenoxy) is 1. The lowest BCUT2D eigenvalue weighted by Crippen LogP contribution is -2.29. The minimum absolute atomic E-state index is 0.0322. The molecule has 1 aromatic carbocycles. The number of aliphatic hydroxyl groups is 1. The van der Waals surface area contributed by atoms with Crippen molar-refractivity contribution in [1.29, 1.82) is 0 Å². The first-order chi connectivity index (χ1) is 6.44. The monoisotopic (exact) mass is 266 g/mol. The number of benzene rings is 1. The standard InChI is InChI=1S/C9H9BrF2O2/c1-6-4-7(2-3-8(6)10)14-9(11,12)5-13/h2-4,13H,5H2,1H3. The second kappa shape index (κ2) is 4.23. The highest BCUT2D eigenvalue weighted by molar-refractivity contribution is 9.10. The molecule has 0 aliphatic heterocycles. The van der Waals surface area contributed by atoms with Gasteiger partial charge < -0.3 is 9.84 Å². The van der Waals surface area contributed by atoms with E-state index in [2.05, 4.69) is 20.7 Å². The molecule has 5 heteroatoms. The van der Waals surface area contributed by atoms with E-state index in [1.54, 1.807) is 13.0 Å². The quantitative estimate of drug-likeness (QED) is 0.912. The van der Waals surface area contributed by atoms with Crippen LogP contribution in [0.5, 0.6) is 5.75 Å². The molecule has 0 aliphatic rings. The Morgan fingerprint density at radius 2 is 2.14 bits per heavy atom. The summed E-state index contributed by atoms with van der Waals surface area (Å²) in [4.78, 5) is 0. The molecule has 0 spiro atoms. The van der Waals surface area contributed by atoms with Gasteiger partial charge in [-0.1, -0.05) is 15.9 Å². The third-order valence-electron chi connectivity index (χ3n) is 1.58. The second-order valence-corrected chi connectivity index (χ2v) is 3.66. The van der Waals surface area contributed by atoms with Gasteiger partial charge in [-0.15, -0.1) is 0 Å². The number of halogens is 3. The van der Waals surface area contributed by atoms with Gasteiger partial charge in [0.1, 0.15) is 12.4 Å². The van der Waals surface area contributed by atoms with Gasteiger partial charge in [-0.25, -0.2) is 0 Å². The molecule has 0 atom stereocenters. The topological polar surface area (TPSA) is 29.5 Å². The summed E-state index contributed by atoms with van der Waals surface area (Å²) in [6.07, 6.45) is -3.53. The molecular formula is C9H9BrF2O2. The molecular weight excluding hydrogens is 258 g/mol. The SMILES string of the molecule is Cc1cc(OC(F)(F)CO)ccc1Br. The van der Waals surface area contributed by atoms with Crippen LogP contribution in [-0.4, -0.2) is 17.8 Å². The van der Waals surface area contributed by atoms with E-state index in [0.717, 1.165) is 10.0 Å². The highest BCUT2D eigenvalue weighted by Crippen LogP contribution is 2.25. The summed E-state index contributed by atoms with van der Waals surface area (Å²) in [7, 11) is 0. The largest absolute Gasteiger partial charge is 0.431 e. The van der Waals surface area contributed by atoms with Gasteiger partial charge >= 0.3 is 6.11 Å². The van der Waals surface area contributed by atoms with Crippen molar-refractivity contribution in [3.63, 3.8) is 0 Å². The third-order valence-corrected chi connectivity index (χ3v) is 2.47. The summed E-state index contributed by atoms with van der Waals surface area (Å²) in [5, 5.41) is 8.29. The van der Waals surface area contributed by atoms with Gasteiger partial charge in [0.25, 0.3) is 0 Å². The van der Waals surface area contributed by atoms with Crippen LogP contribution in [0.2, 0.25) is 0 Å². The Morgan fingerprint density at radius 1 is 1.50 bits per heavy atom. The van der Waals surface area contributed by atoms with E-state index in [1.165, 1.54) is 12.1 Å². The van der Waals surface area contributed by atoms with Crippen LogP contribution in [0.1, 0.15) is 5.56 Å². The van der Waals surface area contributed by atoms with E-state index in [0.29, 0.717) is 0 Å². The maximum absolute atomic E-state index is 12.6. The van der Waals surface area contributed by atoms with E-state index in [1.807, 2.05) is 0 Å². The van der Waals surface area contributed by atoms with E-state index in [9.17, 15) is 8.78 Å². The summed E-state index contributed by atoms with van der Waals surface area (Å²) in [5.74, 6) is 0.0322. The number of hydrogen-bond donors (Lipinski definition) is 1. The highest BCUT2D eigenvalue weighted by Gasteiger charge is 2.30. The first-order valence-electron chi connectivity index (χ1n) is 3.88. The number of aliphatic hydroxyl groups excluding tert-OH is 1. The van der Waals surface area contributed by atoms with Crippen molar-refractivity contribution in [3.8, 4) is 5.75 Å². The van der Waals surface area contributed by atoms with Crippen LogP contribution < -0.4 is 4.74 Å². The maximum Gasteiger partial charge on any atom is 0.421 e. The zero-order chi connectivity index (χ0) is 10.8. The van der Waals surface area contributed by atoms with E-state index >= 15 is 0 Å².